The first kappa shape index (κ1) is 13.7. The van der Waals surface area contributed by atoms with Crippen molar-refractivity contribution in [2.24, 2.45) is 11.8 Å². The number of carbonyl (C=O) groups is 3. The van der Waals surface area contributed by atoms with Crippen molar-refractivity contribution >= 4 is 17.5 Å². The molecule has 118 valence electrons. The molecule has 4 nitrogen and oxygen atoms in total. The molecule has 0 saturated heterocycles. The van der Waals surface area contributed by atoms with E-state index in [1.807, 2.05) is 25.1 Å². The predicted molar refractivity (Wildman–Crippen MR) is 83.1 cm³/mol. The molecule has 1 fully saturated rings. The van der Waals surface area contributed by atoms with Gasteiger partial charge in [0.15, 0.2) is 11.6 Å². The minimum Gasteiger partial charge on any atom is -0.545 e. The molecule has 0 N–H and O–H groups in total. The van der Waals surface area contributed by atoms with E-state index in [2.05, 4.69) is 0 Å². The van der Waals surface area contributed by atoms with Crippen LogP contribution in [0.4, 0.5) is 0 Å². The van der Waals surface area contributed by atoms with Crippen LogP contribution in [0.5, 0.6) is 0 Å². The largest absolute Gasteiger partial charge is 0.545 e. The monoisotopic (exact) mass is 317 g/mol. The number of aromatic carboxylic acids is 1. The fourth-order valence-corrected chi connectivity index (χ4v) is 5.11. The van der Waals surface area contributed by atoms with E-state index in [9.17, 15) is 19.5 Å². The lowest BCUT2D eigenvalue weighted by Gasteiger charge is -2.43. The summed E-state index contributed by atoms with van der Waals surface area (Å²) in [7, 11) is 0. The molecule has 3 aliphatic carbocycles. The molecule has 0 radical (unpaired) electrons. The van der Waals surface area contributed by atoms with Gasteiger partial charge in [0.1, 0.15) is 0 Å². The average Bonchev–Trinajstić information content (AvgIpc) is 2.89. The van der Waals surface area contributed by atoms with Crippen molar-refractivity contribution in [3.63, 3.8) is 0 Å². The van der Waals surface area contributed by atoms with E-state index in [1.54, 1.807) is 12.1 Å². The maximum Gasteiger partial charge on any atom is 0.168 e. The number of fused-ring (bicyclic) bond motifs is 8. The number of Topliss-reactive ketones (excluding diaryl/α,β-unsaturated/α-hetero) is 2. The SMILES string of the molecule is Cc1cccc2c1C(=O)[C@@H]1[C@H]2[C@H]2C(=O)c3c(C(=O)[O-])cccc3[C@H]12. The van der Waals surface area contributed by atoms with Crippen LogP contribution in [0.1, 0.15) is 59.6 Å². The number of hydrogen-bond acceptors (Lipinski definition) is 4. The zero-order chi connectivity index (χ0) is 16.7. The number of aryl methyl sites for hydroxylation is 1. The van der Waals surface area contributed by atoms with Crippen LogP contribution in [0.15, 0.2) is 36.4 Å². The molecule has 1 saturated carbocycles. The van der Waals surface area contributed by atoms with Crippen molar-refractivity contribution in [1.29, 1.82) is 0 Å². The van der Waals surface area contributed by atoms with Crippen LogP contribution in [-0.2, 0) is 0 Å². The second kappa shape index (κ2) is 4.20. The number of hydrogen-bond donors (Lipinski definition) is 0. The van der Waals surface area contributed by atoms with Crippen molar-refractivity contribution in [3.05, 3.63) is 69.8 Å². The highest BCUT2D eigenvalue weighted by Gasteiger charge is 2.65. The van der Waals surface area contributed by atoms with E-state index in [-0.39, 0.29) is 46.4 Å². The lowest BCUT2D eigenvalue weighted by molar-refractivity contribution is -0.255. The molecule has 0 spiro atoms. The van der Waals surface area contributed by atoms with Gasteiger partial charge in [-0.2, -0.15) is 0 Å². The molecule has 2 aromatic carbocycles. The van der Waals surface area contributed by atoms with Gasteiger partial charge < -0.3 is 9.90 Å². The Hall–Kier alpha value is -2.75. The molecule has 24 heavy (non-hydrogen) atoms. The quantitative estimate of drug-likeness (QED) is 0.804. The third-order valence-corrected chi connectivity index (χ3v) is 5.99. The predicted octanol–water partition coefficient (Wildman–Crippen LogP) is 1.86. The van der Waals surface area contributed by atoms with Crippen molar-refractivity contribution in [3.8, 4) is 0 Å². The number of carboxylic acids is 1. The maximum absolute atomic E-state index is 12.9. The van der Waals surface area contributed by atoms with E-state index in [1.165, 1.54) is 6.07 Å². The summed E-state index contributed by atoms with van der Waals surface area (Å²) in [4.78, 5) is 37.2. The third kappa shape index (κ3) is 1.34. The highest BCUT2D eigenvalue weighted by atomic mass is 16.4. The second-order valence-electron chi connectivity index (χ2n) is 6.93. The van der Waals surface area contributed by atoms with Crippen LogP contribution < -0.4 is 5.11 Å². The number of carbonyl (C=O) groups excluding carboxylic acids is 3. The molecule has 5 rings (SSSR count). The van der Waals surface area contributed by atoms with E-state index in [0.717, 1.165) is 16.7 Å². The Labute approximate surface area is 138 Å². The Morgan fingerprint density at radius 1 is 0.833 bits per heavy atom. The Morgan fingerprint density at radius 2 is 1.38 bits per heavy atom. The lowest BCUT2D eigenvalue weighted by atomic mass is 9.57. The Bertz CT molecular complexity index is 972. The highest BCUT2D eigenvalue weighted by molar-refractivity contribution is 6.16. The minimum absolute atomic E-state index is 0.0538. The third-order valence-electron chi connectivity index (χ3n) is 5.99. The van der Waals surface area contributed by atoms with E-state index < -0.39 is 5.97 Å². The molecule has 0 bridgehead atoms. The highest BCUT2D eigenvalue weighted by Crippen LogP contribution is 2.67. The van der Waals surface area contributed by atoms with E-state index in [0.29, 0.717) is 5.56 Å². The molecule has 4 atom stereocenters. The second-order valence-corrected chi connectivity index (χ2v) is 6.93. The van der Waals surface area contributed by atoms with Crippen molar-refractivity contribution in [2.45, 2.75) is 18.8 Å². The molecule has 0 unspecified atom stereocenters. The van der Waals surface area contributed by atoms with Gasteiger partial charge >= 0.3 is 0 Å². The molecular formula is C20H13O4-. The topological polar surface area (TPSA) is 74.3 Å². The van der Waals surface area contributed by atoms with Gasteiger partial charge in [0.25, 0.3) is 0 Å². The van der Waals surface area contributed by atoms with E-state index >= 15 is 0 Å². The molecule has 2 aromatic rings. The zero-order valence-electron chi connectivity index (χ0n) is 12.9. The fourth-order valence-electron chi connectivity index (χ4n) is 5.11. The maximum atomic E-state index is 12.9. The summed E-state index contributed by atoms with van der Waals surface area (Å²) in [6.07, 6.45) is 0. The minimum atomic E-state index is -1.34. The zero-order valence-corrected chi connectivity index (χ0v) is 12.9. The number of rotatable bonds is 1. The summed E-state index contributed by atoms with van der Waals surface area (Å²) in [5, 5.41) is 11.4. The first-order valence-electron chi connectivity index (χ1n) is 8.04. The Kier molecular flexibility index (Phi) is 2.39. The van der Waals surface area contributed by atoms with Crippen LogP contribution in [0.2, 0.25) is 0 Å². The lowest BCUT2D eigenvalue weighted by Crippen LogP contribution is -2.43. The van der Waals surface area contributed by atoms with Gasteiger partial charge in [0, 0.05) is 40.4 Å². The average molecular weight is 317 g/mol. The van der Waals surface area contributed by atoms with Gasteiger partial charge in [0.05, 0.1) is 5.97 Å². The van der Waals surface area contributed by atoms with Gasteiger partial charge in [-0.1, -0.05) is 36.4 Å². The van der Waals surface area contributed by atoms with Gasteiger partial charge in [-0.3, -0.25) is 9.59 Å². The summed E-state index contributed by atoms with van der Waals surface area (Å²) in [5.74, 6) is -2.28. The van der Waals surface area contributed by atoms with Crippen molar-refractivity contribution in [1.82, 2.24) is 0 Å². The summed E-state index contributed by atoms with van der Waals surface area (Å²) in [5.41, 5.74) is 3.55. The standard InChI is InChI=1S/C20H14O4/c1-8-4-2-5-9-12(8)18(21)16-14(9)17-15(16)10-6-3-7-11(20(23)24)13(10)19(17)22/h2-7,14-17H,1H3,(H,23,24)/p-1/t14-,15+,16+,17+/m0/s1. The van der Waals surface area contributed by atoms with Crippen LogP contribution in [0, 0.1) is 18.8 Å². The summed E-state index contributed by atoms with van der Waals surface area (Å²) < 4.78 is 0. The molecule has 0 amide bonds. The van der Waals surface area contributed by atoms with Crippen molar-refractivity contribution in [2.75, 3.05) is 0 Å². The van der Waals surface area contributed by atoms with Gasteiger partial charge in [-0.25, -0.2) is 0 Å². The van der Waals surface area contributed by atoms with Gasteiger partial charge in [0.2, 0.25) is 0 Å². The molecule has 0 aromatic heterocycles. The summed E-state index contributed by atoms with van der Waals surface area (Å²) in [6, 6.07) is 10.6. The molecule has 0 heterocycles. The normalized spacial score (nSPS) is 28.7. The molecule has 3 aliphatic rings. The van der Waals surface area contributed by atoms with Crippen LogP contribution in [-0.4, -0.2) is 17.5 Å². The van der Waals surface area contributed by atoms with Crippen LogP contribution in [0.3, 0.4) is 0 Å². The Morgan fingerprint density at radius 3 is 2.00 bits per heavy atom. The van der Waals surface area contributed by atoms with Crippen molar-refractivity contribution < 1.29 is 19.5 Å². The number of ketones is 2. The Balaban J connectivity index is 1.70. The smallest absolute Gasteiger partial charge is 0.168 e. The fraction of sp³-hybridized carbons (Fsp3) is 0.250. The van der Waals surface area contributed by atoms with Gasteiger partial charge in [-0.05, 0) is 23.6 Å². The first-order chi connectivity index (χ1) is 11.5. The van der Waals surface area contributed by atoms with Crippen LogP contribution >= 0.6 is 0 Å². The first-order valence-corrected chi connectivity index (χ1v) is 8.04. The summed E-state index contributed by atoms with van der Waals surface area (Å²) in [6.45, 7) is 1.92. The van der Waals surface area contributed by atoms with E-state index in [4.69, 9.17) is 0 Å². The number of benzene rings is 2. The summed E-state index contributed by atoms with van der Waals surface area (Å²) >= 11 is 0. The number of carboxylic acid groups (broad SMARTS) is 1. The van der Waals surface area contributed by atoms with Crippen LogP contribution in [0.25, 0.3) is 0 Å². The molecule has 0 aliphatic heterocycles. The molecular weight excluding hydrogens is 304 g/mol. The van der Waals surface area contributed by atoms with Gasteiger partial charge in [-0.15, -0.1) is 0 Å². The molecule has 4 heteroatoms.